The SMILES string of the molecule is CCCCCCOCc1cc(Br)cc(-c2ccc(-c3ccc(-c4cc(C#C[Si](C)(C)C)cc(COCCCCCC)c4)cn3)nc2)c1. The lowest BCUT2D eigenvalue weighted by atomic mass is 10.0. The van der Waals surface area contributed by atoms with Crippen molar-refractivity contribution in [3.8, 4) is 45.1 Å². The molecule has 2 heterocycles. The third-order valence-electron chi connectivity index (χ3n) is 7.81. The Hall–Kier alpha value is -3.08. The quantitative estimate of drug-likeness (QED) is 0.0621. The number of ether oxygens (including phenoxy) is 2. The first-order valence-electron chi connectivity index (χ1n) is 17.3. The van der Waals surface area contributed by atoms with E-state index in [2.05, 4.69) is 115 Å². The standard InChI is InChI=1S/C41H51BrN2O2Si/c1-6-8-10-12-19-45-30-33-22-32(18-21-47(3,4)5)23-37(24-33)35-14-16-40(43-28-35)41-17-15-36(29-44-41)38-25-34(26-39(42)27-38)31-46-20-13-11-9-7-2/h14-17,22-29H,6-13,19-20,30-31H2,1-5H3. The summed E-state index contributed by atoms with van der Waals surface area (Å²) in [5.74, 6) is 3.45. The molecule has 4 rings (SSSR count). The fourth-order valence-electron chi connectivity index (χ4n) is 5.25. The summed E-state index contributed by atoms with van der Waals surface area (Å²) in [6, 6.07) is 21.3. The van der Waals surface area contributed by atoms with E-state index < -0.39 is 8.07 Å². The van der Waals surface area contributed by atoms with Crippen molar-refractivity contribution < 1.29 is 9.47 Å². The van der Waals surface area contributed by atoms with E-state index in [0.717, 1.165) is 80.9 Å². The molecule has 6 heteroatoms. The van der Waals surface area contributed by atoms with Gasteiger partial charge >= 0.3 is 0 Å². The van der Waals surface area contributed by atoms with Crippen LogP contribution in [0.4, 0.5) is 0 Å². The molecule has 0 spiro atoms. The van der Waals surface area contributed by atoms with Crippen molar-refractivity contribution in [1.82, 2.24) is 9.97 Å². The largest absolute Gasteiger partial charge is 0.377 e. The smallest absolute Gasteiger partial charge is 0.129 e. The predicted octanol–water partition coefficient (Wildman–Crippen LogP) is 11.7. The van der Waals surface area contributed by atoms with E-state index in [0.29, 0.717) is 13.2 Å². The van der Waals surface area contributed by atoms with Crippen LogP contribution in [-0.4, -0.2) is 31.3 Å². The summed E-state index contributed by atoms with van der Waals surface area (Å²) >= 11 is 3.68. The zero-order valence-electron chi connectivity index (χ0n) is 29.0. The molecule has 0 saturated carbocycles. The number of pyridine rings is 2. The second-order valence-corrected chi connectivity index (χ2v) is 19.0. The molecule has 47 heavy (non-hydrogen) atoms. The normalized spacial score (nSPS) is 11.4. The Bertz CT molecular complexity index is 1600. The van der Waals surface area contributed by atoms with Gasteiger partial charge in [0, 0.05) is 46.8 Å². The van der Waals surface area contributed by atoms with Crippen LogP contribution in [0.5, 0.6) is 0 Å². The Morgan fingerprint density at radius 3 is 1.64 bits per heavy atom. The molecule has 0 bridgehead atoms. The van der Waals surface area contributed by atoms with Crippen LogP contribution >= 0.6 is 15.9 Å². The minimum atomic E-state index is -1.51. The van der Waals surface area contributed by atoms with Gasteiger partial charge in [-0.15, -0.1) is 5.54 Å². The summed E-state index contributed by atoms with van der Waals surface area (Å²) in [6.45, 7) is 14.1. The van der Waals surface area contributed by atoms with E-state index in [1.165, 1.54) is 38.5 Å². The third-order valence-corrected chi connectivity index (χ3v) is 9.14. The topological polar surface area (TPSA) is 44.2 Å². The maximum Gasteiger partial charge on any atom is 0.129 e. The van der Waals surface area contributed by atoms with E-state index in [4.69, 9.17) is 19.4 Å². The van der Waals surface area contributed by atoms with Gasteiger partial charge in [0.1, 0.15) is 8.07 Å². The van der Waals surface area contributed by atoms with E-state index in [-0.39, 0.29) is 0 Å². The molecule has 0 aliphatic heterocycles. The number of hydrogen-bond donors (Lipinski definition) is 0. The van der Waals surface area contributed by atoms with Crippen LogP contribution in [0.1, 0.15) is 81.9 Å². The van der Waals surface area contributed by atoms with Crippen LogP contribution in [0.3, 0.4) is 0 Å². The Morgan fingerprint density at radius 2 is 1.15 bits per heavy atom. The van der Waals surface area contributed by atoms with Crippen molar-refractivity contribution in [2.45, 2.75) is 98.1 Å². The van der Waals surface area contributed by atoms with E-state index in [9.17, 15) is 0 Å². The average molecular weight is 712 g/mol. The summed E-state index contributed by atoms with van der Waals surface area (Å²) in [6.07, 6.45) is 13.5. The first-order chi connectivity index (χ1) is 22.7. The fourth-order valence-corrected chi connectivity index (χ4v) is 6.31. The lowest BCUT2D eigenvalue weighted by molar-refractivity contribution is 0.117. The summed E-state index contributed by atoms with van der Waals surface area (Å²) < 4.78 is 13.0. The van der Waals surface area contributed by atoms with Crippen molar-refractivity contribution in [2.75, 3.05) is 13.2 Å². The summed E-state index contributed by atoms with van der Waals surface area (Å²) in [4.78, 5) is 9.60. The van der Waals surface area contributed by atoms with Gasteiger partial charge in [-0.3, -0.25) is 9.97 Å². The van der Waals surface area contributed by atoms with E-state index in [1.54, 1.807) is 0 Å². The lowest BCUT2D eigenvalue weighted by Crippen LogP contribution is -2.16. The van der Waals surface area contributed by atoms with Crippen molar-refractivity contribution in [3.05, 3.63) is 94.2 Å². The van der Waals surface area contributed by atoms with Gasteiger partial charge in [0.15, 0.2) is 0 Å². The van der Waals surface area contributed by atoms with Gasteiger partial charge in [-0.05, 0) is 83.6 Å². The highest BCUT2D eigenvalue weighted by molar-refractivity contribution is 9.10. The molecule has 0 aliphatic rings. The van der Waals surface area contributed by atoms with Crippen molar-refractivity contribution >= 4 is 24.0 Å². The maximum absolute atomic E-state index is 6.05. The monoisotopic (exact) mass is 710 g/mol. The van der Waals surface area contributed by atoms with Gasteiger partial charge < -0.3 is 9.47 Å². The van der Waals surface area contributed by atoms with Crippen LogP contribution in [0.15, 0.2) is 77.5 Å². The highest BCUT2D eigenvalue weighted by Crippen LogP contribution is 2.28. The Morgan fingerprint density at radius 1 is 0.617 bits per heavy atom. The molecular formula is C41H51BrN2O2Si. The summed E-state index contributed by atoms with van der Waals surface area (Å²) in [5.41, 5.74) is 12.9. The lowest BCUT2D eigenvalue weighted by Gasteiger charge is -2.10. The van der Waals surface area contributed by atoms with Gasteiger partial charge in [0.05, 0.1) is 24.6 Å². The maximum atomic E-state index is 6.05. The van der Waals surface area contributed by atoms with Crippen molar-refractivity contribution in [3.63, 3.8) is 0 Å². The number of rotatable bonds is 17. The third kappa shape index (κ3) is 12.8. The van der Waals surface area contributed by atoms with Crippen molar-refractivity contribution in [1.29, 1.82) is 0 Å². The molecule has 0 atom stereocenters. The number of unbranched alkanes of at least 4 members (excludes halogenated alkanes) is 6. The first-order valence-corrected chi connectivity index (χ1v) is 21.6. The molecule has 0 saturated heterocycles. The summed E-state index contributed by atoms with van der Waals surface area (Å²) in [7, 11) is -1.51. The Labute approximate surface area is 292 Å². The van der Waals surface area contributed by atoms with E-state index >= 15 is 0 Å². The molecular weight excluding hydrogens is 660 g/mol. The van der Waals surface area contributed by atoms with Crippen LogP contribution in [0.2, 0.25) is 19.6 Å². The van der Waals surface area contributed by atoms with Gasteiger partial charge in [-0.2, -0.15) is 0 Å². The molecule has 0 unspecified atom stereocenters. The molecule has 4 aromatic rings. The highest BCUT2D eigenvalue weighted by Gasteiger charge is 2.10. The number of nitrogens with zero attached hydrogens (tertiary/aromatic N) is 2. The van der Waals surface area contributed by atoms with Gasteiger partial charge in [0.2, 0.25) is 0 Å². The van der Waals surface area contributed by atoms with Crippen LogP contribution in [0, 0.1) is 11.5 Å². The minimum absolute atomic E-state index is 0.592. The first kappa shape index (κ1) is 36.7. The molecule has 0 N–H and O–H groups in total. The van der Waals surface area contributed by atoms with Gasteiger partial charge in [0.25, 0.3) is 0 Å². The zero-order chi connectivity index (χ0) is 33.5. The number of hydrogen-bond acceptors (Lipinski definition) is 4. The number of benzene rings is 2. The minimum Gasteiger partial charge on any atom is -0.377 e. The molecule has 4 nitrogen and oxygen atoms in total. The fraction of sp³-hybridized carbons (Fsp3) is 0.415. The zero-order valence-corrected chi connectivity index (χ0v) is 31.6. The second-order valence-electron chi connectivity index (χ2n) is 13.4. The molecule has 2 aromatic carbocycles. The van der Waals surface area contributed by atoms with Gasteiger partial charge in [-0.25, -0.2) is 0 Å². The van der Waals surface area contributed by atoms with Crippen LogP contribution in [0.25, 0.3) is 33.6 Å². The van der Waals surface area contributed by atoms with Crippen molar-refractivity contribution in [2.24, 2.45) is 0 Å². The average Bonchev–Trinajstić information content (AvgIpc) is 3.06. The van der Waals surface area contributed by atoms with Gasteiger partial charge in [-0.1, -0.05) is 106 Å². The molecule has 0 fully saturated rings. The highest BCUT2D eigenvalue weighted by atomic mass is 79.9. The Balaban J connectivity index is 1.46. The number of aromatic nitrogens is 2. The second kappa shape index (κ2) is 19.0. The Kier molecular flexibility index (Phi) is 14.9. The molecule has 248 valence electrons. The number of halogens is 1. The summed E-state index contributed by atoms with van der Waals surface area (Å²) in [5, 5.41) is 0. The molecule has 0 radical (unpaired) electrons. The molecule has 2 aromatic heterocycles. The molecule has 0 amide bonds. The van der Waals surface area contributed by atoms with Crippen LogP contribution < -0.4 is 0 Å². The van der Waals surface area contributed by atoms with E-state index in [1.807, 2.05) is 18.5 Å². The molecule has 0 aliphatic carbocycles. The van der Waals surface area contributed by atoms with Crippen LogP contribution in [-0.2, 0) is 22.7 Å². The predicted molar refractivity (Wildman–Crippen MR) is 204 cm³/mol.